The lowest BCUT2D eigenvalue weighted by Crippen LogP contribution is -2.28. The molecule has 1 rings (SSSR count). The van der Waals surface area contributed by atoms with E-state index in [1.165, 1.54) is 28.8 Å². The number of thiophene rings is 1. The molecule has 0 unspecified atom stereocenters. The van der Waals surface area contributed by atoms with Crippen molar-refractivity contribution in [2.45, 2.75) is 17.9 Å². The van der Waals surface area contributed by atoms with Crippen LogP contribution in [0.5, 0.6) is 0 Å². The molecule has 0 saturated carbocycles. The van der Waals surface area contributed by atoms with E-state index in [0.29, 0.717) is 28.2 Å². The number of aliphatic hydroxyl groups is 1. The molecule has 0 aliphatic heterocycles. The van der Waals surface area contributed by atoms with Crippen LogP contribution in [0.15, 0.2) is 14.7 Å². The number of hydrogen-bond donors (Lipinski definition) is 1. The van der Waals surface area contributed by atoms with Crippen LogP contribution >= 0.6 is 27.3 Å². The molecule has 0 spiro atoms. The van der Waals surface area contributed by atoms with Gasteiger partial charge >= 0.3 is 0 Å². The van der Waals surface area contributed by atoms with Crippen molar-refractivity contribution in [2.24, 2.45) is 0 Å². The lowest BCUT2D eigenvalue weighted by atomic mass is 10.5. The van der Waals surface area contributed by atoms with Gasteiger partial charge in [0.25, 0.3) is 0 Å². The number of methoxy groups -OCH3 is 1. The van der Waals surface area contributed by atoms with E-state index >= 15 is 0 Å². The third-order valence-corrected chi connectivity index (χ3v) is 6.47. The van der Waals surface area contributed by atoms with Crippen LogP contribution in [0.3, 0.4) is 0 Å². The Morgan fingerprint density at radius 3 is 2.72 bits per heavy atom. The summed E-state index contributed by atoms with van der Waals surface area (Å²) in [6.07, 6.45) is 0.640. The molecule has 1 aromatic rings. The summed E-state index contributed by atoms with van der Waals surface area (Å²) < 4.78 is 31.2. The molecule has 18 heavy (non-hydrogen) atoms. The van der Waals surface area contributed by atoms with Crippen molar-refractivity contribution >= 4 is 37.3 Å². The number of ether oxygens (including phenoxy) is 1. The Balaban J connectivity index is 2.87. The second-order valence-corrected chi connectivity index (χ2v) is 8.15. The molecule has 0 fully saturated rings. The Labute approximate surface area is 120 Å². The number of aliphatic hydroxyl groups excluding tert-OH is 1. The first kappa shape index (κ1) is 16.1. The zero-order chi connectivity index (χ0) is 13.8. The maximum absolute atomic E-state index is 12.3. The highest BCUT2D eigenvalue weighted by Gasteiger charge is 2.25. The number of hydrogen-bond acceptors (Lipinski definition) is 5. The Kier molecular flexibility index (Phi) is 6.22. The largest absolute Gasteiger partial charge is 0.391 e. The maximum atomic E-state index is 12.3. The van der Waals surface area contributed by atoms with Crippen LogP contribution in [-0.4, -0.2) is 45.1 Å². The van der Waals surface area contributed by atoms with E-state index in [2.05, 4.69) is 15.9 Å². The number of sulfonamides is 1. The minimum Gasteiger partial charge on any atom is -0.391 e. The molecule has 8 heteroatoms. The summed E-state index contributed by atoms with van der Waals surface area (Å²) in [4.78, 5) is 0.821. The van der Waals surface area contributed by atoms with Gasteiger partial charge in [-0.25, -0.2) is 12.7 Å². The molecule has 5 nitrogen and oxygen atoms in total. The molecule has 0 saturated heterocycles. The lowest BCUT2D eigenvalue weighted by Gasteiger charge is -2.16. The average molecular weight is 358 g/mol. The fraction of sp³-hybridized carbons (Fsp3) is 0.600. The van der Waals surface area contributed by atoms with E-state index < -0.39 is 10.0 Å². The molecule has 0 aromatic carbocycles. The third kappa shape index (κ3) is 3.75. The van der Waals surface area contributed by atoms with Crippen LogP contribution in [0.1, 0.15) is 11.3 Å². The monoisotopic (exact) mass is 357 g/mol. The quantitative estimate of drug-likeness (QED) is 0.753. The fourth-order valence-corrected chi connectivity index (χ4v) is 5.07. The Morgan fingerprint density at radius 1 is 1.56 bits per heavy atom. The first-order valence-electron chi connectivity index (χ1n) is 5.27. The highest BCUT2D eigenvalue weighted by atomic mass is 79.9. The molecule has 0 aliphatic carbocycles. The van der Waals surface area contributed by atoms with Gasteiger partial charge in [0, 0.05) is 32.2 Å². The molecule has 1 N–H and O–H groups in total. The molecule has 0 amide bonds. The van der Waals surface area contributed by atoms with Gasteiger partial charge in [-0.1, -0.05) is 0 Å². The first-order chi connectivity index (χ1) is 8.43. The smallest absolute Gasteiger partial charge is 0.244 e. The summed E-state index contributed by atoms with van der Waals surface area (Å²) in [5, 5.41) is 9.02. The second kappa shape index (κ2) is 6.97. The van der Waals surface area contributed by atoms with Gasteiger partial charge in [0.2, 0.25) is 10.0 Å². The van der Waals surface area contributed by atoms with E-state index in [1.54, 1.807) is 7.11 Å². The standard InChI is InChI=1S/C10H16BrNO4S2/c1-12(4-3-5-16-2)18(14,15)9-6-8(7-13)17-10(9)11/h6,13H,3-5,7H2,1-2H3. The number of nitrogens with zero attached hydrogens (tertiary/aromatic N) is 1. The normalized spacial score (nSPS) is 12.3. The summed E-state index contributed by atoms with van der Waals surface area (Å²) in [7, 11) is -0.393. The molecule has 0 bridgehead atoms. The van der Waals surface area contributed by atoms with Gasteiger partial charge in [-0.15, -0.1) is 11.3 Å². The fourth-order valence-electron chi connectivity index (χ4n) is 1.37. The molecule has 0 radical (unpaired) electrons. The predicted molar refractivity (Wildman–Crippen MR) is 74.3 cm³/mol. The Hall–Kier alpha value is 0.01000. The zero-order valence-corrected chi connectivity index (χ0v) is 13.4. The van der Waals surface area contributed by atoms with E-state index in [0.717, 1.165) is 0 Å². The van der Waals surface area contributed by atoms with Gasteiger partial charge in [0.05, 0.1) is 10.4 Å². The van der Waals surface area contributed by atoms with Gasteiger partial charge in [-0.2, -0.15) is 0 Å². The topological polar surface area (TPSA) is 66.8 Å². The predicted octanol–water partition coefficient (Wildman–Crippen LogP) is 1.66. The van der Waals surface area contributed by atoms with Crippen LogP contribution in [-0.2, 0) is 21.4 Å². The van der Waals surface area contributed by atoms with Crippen molar-refractivity contribution in [2.75, 3.05) is 27.3 Å². The van der Waals surface area contributed by atoms with E-state index in [-0.39, 0.29) is 11.5 Å². The Bertz CT molecular complexity index is 486. The minimum atomic E-state index is -3.51. The van der Waals surface area contributed by atoms with Crippen LogP contribution in [0.25, 0.3) is 0 Å². The van der Waals surface area contributed by atoms with E-state index in [4.69, 9.17) is 9.84 Å². The van der Waals surface area contributed by atoms with E-state index in [9.17, 15) is 8.42 Å². The average Bonchev–Trinajstić information content (AvgIpc) is 2.71. The van der Waals surface area contributed by atoms with Gasteiger partial charge < -0.3 is 9.84 Å². The number of halogens is 1. The van der Waals surface area contributed by atoms with Gasteiger partial charge in [-0.3, -0.25) is 0 Å². The van der Waals surface area contributed by atoms with Crippen molar-refractivity contribution in [3.8, 4) is 0 Å². The van der Waals surface area contributed by atoms with Crippen molar-refractivity contribution in [3.05, 3.63) is 14.7 Å². The van der Waals surface area contributed by atoms with Gasteiger partial charge in [0.15, 0.2) is 0 Å². The molecule has 1 heterocycles. The summed E-state index contributed by atoms with van der Waals surface area (Å²) >= 11 is 4.44. The lowest BCUT2D eigenvalue weighted by molar-refractivity contribution is 0.189. The molecular weight excluding hydrogens is 342 g/mol. The van der Waals surface area contributed by atoms with Gasteiger partial charge in [-0.05, 0) is 28.4 Å². The SMILES string of the molecule is COCCCN(C)S(=O)(=O)c1cc(CO)sc1Br. The summed E-state index contributed by atoms with van der Waals surface area (Å²) in [6.45, 7) is 0.756. The van der Waals surface area contributed by atoms with Crippen LogP contribution < -0.4 is 0 Å². The van der Waals surface area contributed by atoms with Gasteiger partial charge in [0.1, 0.15) is 4.90 Å². The summed E-state index contributed by atoms with van der Waals surface area (Å²) in [6, 6.07) is 1.50. The van der Waals surface area contributed by atoms with Crippen molar-refractivity contribution in [1.29, 1.82) is 0 Å². The van der Waals surface area contributed by atoms with Crippen LogP contribution in [0.2, 0.25) is 0 Å². The second-order valence-electron chi connectivity index (χ2n) is 3.68. The van der Waals surface area contributed by atoms with Crippen LogP contribution in [0, 0.1) is 0 Å². The van der Waals surface area contributed by atoms with Crippen molar-refractivity contribution in [1.82, 2.24) is 4.31 Å². The van der Waals surface area contributed by atoms with Crippen molar-refractivity contribution < 1.29 is 18.3 Å². The molecular formula is C10H16BrNO4S2. The minimum absolute atomic E-state index is 0.161. The summed E-state index contributed by atoms with van der Waals surface area (Å²) in [5.41, 5.74) is 0. The molecule has 104 valence electrons. The zero-order valence-electron chi connectivity index (χ0n) is 10.2. The van der Waals surface area contributed by atoms with Crippen LogP contribution in [0.4, 0.5) is 0 Å². The molecule has 0 aliphatic rings. The number of rotatable bonds is 7. The molecule has 1 aromatic heterocycles. The third-order valence-electron chi connectivity index (χ3n) is 2.37. The molecule has 0 atom stereocenters. The maximum Gasteiger partial charge on any atom is 0.244 e. The highest BCUT2D eigenvalue weighted by Crippen LogP contribution is 2.33. The summed E-state index contributed by atoms with van der Waals surface area (Å²) in [5.74, 6) is 0. The first-order valence-corrected chi connectivity index (χ1v) is 8.32. The highest BCUT2D eigenvalue weighted by molar-refractivity contribution is 9.11. The van der Waals surface area contributed by atoms with E-state index in [1.807, 2.05) is 0 Å². The Morgan fingerprint density at radius 2 is 2.22 bits per heavy atom. The van der Waals surface area contributed by atoms with Crippen molar-refractivity contribution in [3.63, 3.8) is 0 Å².